The van der Waals surface area contributed by atoms with E-state index in [9.17, 15) is 9.59 Å². The van der Waals surface area contributed by atoms with Crippen molar-refractivity contribution in [1.29, 1.82) is 0 Å². The number of hydrogen-bond donors (Lipinski definition) is 0. The van der Waals surface area contributed by atoms with Crippen LogP contribution in [0.4, 0.5) is 0 Å². The number of rotatable bonds is 19. The van der Waals surface area contributed by atoms with E-state index in [1.165, 1.54) is 84.2 Å². The van der Waals surface area contributed by atoms with Gasteiger partial charge in [-0.05, 0) is 99.2 Å². The molecule has 272 valence electrons. The van der Waals surface area contributed by atoms with E-state index >= 15 is 0 Å². The molecule has 0 aromatic carbocycles. The van der Waals surface area contributed by atoms with Crippen molar-refractivity contribution in [3.8, 4) is 0 Å². The number of methoxy groups -OCH3 is 1. The van der Waals surface area contributed by atoms with Gasteiger partial charge < -0.3 is 9.47 Å². The molecule has 0 aromatic rings. The molecule has 2 fully saturated rings. The second-order valence-corrected chi connectivity index (χ2v) is 16.1. The van der Waals surface area contributed by atoms with Crippen molar-refractivity contribution in [2.45, 2.75) is 169 Å². The van der Waals surface area contributed by atoms with Gasteiger partial charge in [-0.15, -0.1) is 0 Å². The molecule has 0 amide bonds. The van der Waals surface area contributed by atoms with E-state index in [4.69, 9.17) is 9.47 Å². The van der Waals surface area contributed by atoms with Crippen molar-refractivity contribution in [1.82, 2.24) is 0 Å². The highest BCUT2D eigenvalue weighted by Crippen LogP contribution is 2.56. The van der Waals surface area contributed by atoms with Crippen molar-refractivity contribution >= 4 is 11.9 Å². The summed E-state index contributed by atoms with van der Waals surface area (Å²) < 4.78 is 11.0. The van der Waals surface area contributed by atoms with E-state index in [1.54, 1.807) is 11.6 Å². The topological polar surface area (TPSA) is 52.6 Å². The average Bonchev–Trinajstić information content (AvgIpc) is 3.15. The Balaban J connectivity index is 1.37. The summed E-state index contributed by atoms with van der Waals surface area (Å²) in [5.41, 5.74) is 1.85. The van der Waals surface area contributed by atoms with Gasteiger partial charge in [0.25, 0.3) is 0 Å². The van der Waals surface area contributed by atoms with Crippen LogP contribution in [0.1, 0.15) is 163 Å². The first-order valence-electron chi connectivity index (χ1n) is 20.1. The number of unbranched alkanes of at least 4 members (excludes halogenated alkanes) is 7. The summed E-state index contributed by atoms with van der Waals surface area (Å²) >= 11 is 0. The Bertz CT molecular complexity index is 1050. The van der Waals surface area contributed by atoms with Crippen molar-refractivity contribution in [2.75, 3.05) is 7.11 Å². The lowest BCUT2D eigenvalue weighted by molar-refractivity contribution is -0.151. The summed E-state index contributed by atoms with van der Waals surface area (Å²) in [6, 6.07) is 0. The monoisotopic (exact) mass is 665 g/mol. The zero-order valence-electron chi connectivity index (χ0n) is 31.7. The molecule has 3 aliphatic carbocycles. The van der Waals surface area contributed by atoms with Gasteiger partial charge in [0, 0.05) is 12.8 Å². The second-order valence-electron chi connectivity index (χ2n) is 16.1. The van der Waals surface area contributed by atoms with E-state index in [2.05, 4.69) is 45.6 Å². The highest BCUT2D eigenvalue weighted by atomic mass is 16.5. The third-order valence-electron chi connectivity index (χ3n) is 12.7. The Morgan fingerprint density at radius 1 is 0.938 bits per heavy atom. The zero-order valence-corrected chi connectivity index (χ0v) is 31.7. The van der Waals surface area contributed by atoms with Gasteiger partial charge in [-0.3, -0.25) is 9.59 Å². The Kier molecular flexibility index (Phi) is 18.4. The first kappa shape index (κ1) is 40.3. The van der Waals surface area contributed by atoms with E-state index < -0.39 is 0 Å². The average molecular weight is 665 g/mol. The second kappa shape index (κ2) is 21.9. The van der Waals surface area contributed by atoms with Crippen LogP contribution in [0, 0.1) is 40.9 Å². The van der Waals surface area contributed by atoms with Gasteiger partial charge >= 0.3 is 11.9 Å². The third-order valence-corrected chi connectivity index (χ3v) is 12.7. The fourth-order valence-electron chi connectivity index (χ4n) is 9.55. The minimum Gasteiger partial charge on any atom is -0.469 e. The molecule has 0 heterocycles. The molecule has 8 atom stereocenters. The van der Waals surface area contributed by atoms with Crippen LogP contribution in [0.25, 0.3) is 0 Å². The number of carbonyl (C=O) groups excluding carboxylic acids is 2. The molecule has 1 unspecified atom stereocenters. The molecule has 3 rings (SSSR count). The summed E-state index contributed by atoms with van der Waals surface area (Å²) in [6.45, 7) is 13.2. The number of esters is 2. The van der Waals surface area contributed by atoms with Crippen LogP contribution in [0.5, 0.6) is 0 Å². The molecular formula is C44H72O4. The largest absolute Gasteiger partial charge is 0.469 e. The summed E-state index contributed by atoms with van der Waals surface area (Å²) in [4.78, 5) is 24.6. The van der Waals surface area contributed by atoms with Crippen LogP contribution in [0.3, 0.4) is 0 Å². The molecule has 4 heteroatoms. The van der Waals surface area contributed by atoms with Gasteiger partial charge in [-0.25, -0.2) is 0 Å². The Morgan fingerprint density at radius 3 is 2.44 bits per heavy atom. The number of ether oxygens (including phenoxy) is 2. The van der Waals surface area contributed by atoms with Crippen LogP contribution < -0.4 is 0 Å². The fourth-order valence-corrected chi connectivity index (χ4v) is 9.55. The lowest BCUT2D eigenvalue weighted by Gasteiger charge is -2.51. The molecule has 2 saturated carbocycles. The Hall–Kier alpha value is -2.10. The highest BCUT2D eigenvalue weighted by Gasteiger charge is 2.47. The first-order chi connectivity index (χ1) is 23.2. The lowest BCUT2D eigenvalue weighted by Crippen LogP contribution is -2.43. The molecule has 0 aromatic heterocycles. The predicted molar refractivity (Wildman–Crippen MR) is 201 cm³/mol. The van der Waals surface area contributed by atoms with Crippen molar-refractivity contribution in [3.05, 3.63) is 48.6 Å². The number of fused-ring (bicyclic) bond motifs is 3. The van der Waals surface area contributed by atoms with Gasteiger partial charge in [-0.2, -0.15) is 0 Å². The molecule has 0 radical (unpaired) electrons. The molecule has 0 spiro atoms. The fraction of sp³-hybridized carbons (Fsp3) is 0.773. The number of hydrogen-bond acceptors (Lipinski definition) is 4. The van der Waals surface area contributed by atoms with E-state index in [1.807, 2.05) is 19.1 Å². The van der Waals surface area contributed by atoms with Gasteiger partial charge in [-0.1, -0.05) is 134 Å². The Labute approximate surface area is 295 Å². The van der Waals surface area contributed by atoms with Crippen molar-refractivity contribution < 1.29 is 19.1 Å². The Morgan fingerprint density at radius 2 is 1.69 bits per heavy atom. The maximum Gasteiger partial charge on any atom is 0.308 e. The van der Waals surface area contributed by atoms with Crippen LogP contribution in [0.2, 0.25) is 0 Å². The van der Waals surface area contributed by atoms with Crippen LogP contribution in [-0.4, -0.2) is 25.2 Å². The van der Waals surface area contributed by atoms with Gasteiger partial charge in [0.15, 0.2) is 0 Å². The van der Waals surface area contributed by atoms with Gasteiger partial charge in [0.2, 0.25) is 0 Å². The molecule has 3 aliphatic rings. The smallest absolute Gasteiger partial charge is 0.308 e. The van der Waals surface area contributed by atoms with Crippen molar-refractivity contribution in [3.63, 3.8) is 0 Å². The number of allylic oxidation sites excluding steroid dienone is 6. The first-order valence-corrected chi connectivity index (χ1v) is 20.1. The minimum atomic E-state index is -0.0736. The SMILES string of the molecule is C=C/C=C/C=C/CCCCCCCCCC(=O)O[C@H]1CC[C@@]2(C)C(=CC[C@@H]3CCC[C@H]([C@H](C)CCCC(C)C(=O)OC)[C@@H](C)CC[C@@H]32)C1. The summed E-state index contributed by atoms with van der Waals surface area (Å²) in [5, 5.41) is 0. The summed E-state index contributed by atoms with van der Waals surface area (Å²) in [7, 11) is 1.50. The molecule has 0 N–H and O–H groups in total. The molecule has 0 saturated heterocycles. The standard InChI is InChI=1S/C44H72O4/c1-7-8-9-10-11-12-13-14-15-16-17-18-19-26-42(45)48-39-31-32-44(5)38(33-39)29-28-37-24-21-25-40(35(3)27-30-41(37)44)34(2)22-20-23-36(4)43(46)47-6/h7-11,29,34-37,39-41H,1,12-28,30-33H2,2-6H3/b9-8+,11-10+/t34-,35+,36?,37+,39+,40-,41+,44+/m1/s1. The predicted octanol–water partition coefficient (Wildman–Crippen LogP) is 12.3. The van der Waals surface area contributed by atoms with E-state index in [0.717, 1.165) is 75.0 Å². The summed E-state index contributed by atoms with van der Waals surface area (Å²) in [6.07, 6.45) is 37.1. The van der Waals surface area contributed by atoms with Gasteiger partial charge in [0.1, 0.15) is 6.10 Å². The molecule has 0 aliphatic heterocycles. The van der Waals surface area contributed by atoms with Crippen LogP contribution in [0.15, 0.2) is 48.6 Å². The molecule has 4 nitrogen and oxygen atoms in total. The summed E-state index contributed by atoms with van der Waals surface area (Å²) in [5.74, 6) is 3.71. The van der Waals surface area contributed by atoms with E-state index in [0.29, 0.717) is 12.3 Å². The molecular weight excluding hydrogens is 592 g/mol. The van der Waals surface area contributed by atoms with Crippen LogP contribution in [-0.2, 0) is 19.1 Å². The zero-order chi connectivity index (χ0) is 34.8. The molecule has 48 heavy (non-hydrogen) atoms. The minimum absolute atomic E-state index is 0.00352. The highest BCUT2D eigenvalue weighted by molar-refractivity contribution is 5.71. The normalized spacial score (nSPS) is 29.1. The quantitative estimate of drug-likeness (QED) is 0.0597. The lowest BCUT2D eigenvalue weighted by atomic mass is 9.55. The maximum atomic E-state index is 12.8. The number of carbonyl (C=O) groups is 2. The maximum absolute atomic E-state index is 12.8. The van der Waals surface area contributed by atoms with Gasteiger partial charge in [0.05, 0.1) is 13.0 Å². The third kappa shape index (κ3) is 13.0. The van der Waals surface area contributed by atoms with Crippen molar-refractivity contribution in [2.24, 2.45) is 40.9 Å². The van der Waals surface area contributed by atoms with E-state index in [-0.39, 0.29) is 29.4 Å². The molecule has 0 bridgehead atoms. The van der Waals surface area contributed by atoms with Crippen LogP contribution >= 0.6 is 0 Å².